The third kappa shape index (κ3) is 2.18. The lowest BCUT2D eigenvalue weighted by Crippen LogP contribution is -1.92. The summed E-state index contributed by atoms with van der Waals surface area (Å²) < 4.78 is 26.8. The lowest BCUT2D eigenvalue weighted by molar-refractivity contribution is 0.610. The number of hydrogen-bond donors (Lipinski definition) is 0. The smallest absolute Gasteiger partial charge is 0.141 e. The van der Waals surface area contributed by atoms with Crippen molar-refractivity contribution < 1.29 is 8.78 Å². The molecule has 88 valence electrons. The van der Waals surface area contributed by atoms with Gasteiger partial charge in [0.1, 0.15) is 11.6 Å². The summed E-state index contributed by atoms with van der Waals surface area (Å²) in [4.78, 5) is 0. The molecule has 0 saturated heterocycles. The van der Waals surface area contributed by atoms with Crippen LogP contribution in [-0.2, 0) is 0 Å². The second kappa shape index (κ2) is 4.46. The zero-order valence-electron chi connectivity index (χ0n) is 9.52. The van der Waals surface area contributed by atoms with E-state index in [1.165, 1.54) is 12.1 Å². The molecular formula is C14H11ClF2. The van der Waals surface area contributed by atoms with Gasteiger partial charge in [-0.25, -0.2) is 8.78 Å². The first-order valence-corrected chi connectivity index (χ1v) is 5.59. The molecule has 17 heavy (non-hydrogen) atoms. The van der Waals surface area contributed by atoms with Gasteiger partial charge in [0.25, 0.3) is 0 Å². The zero-order chi connectivity index (χ0) is 12.6. The predicted molar refractivity (Wildman–Crippen MR) is 66.3 cm³/mol. The zero-order valence-corrected chi connectivity index (χ0v) is 10.3. The molecule has 0 bridgehead atoms. The minimum absolute atomic E-state index is 0.0443. The lowest BCUT2D eigenvalue weighted by atomic mass is 9.98. The van der Waals surface area contributed by atoms with Crippen molar-refractivity contribution in [3.63, 3.8) is 0 Å². The standard InChI is InChI=1S/C14H11ClF2/c1-8-3-5-11(9(2)14(8)17)10-4-6-13(16)12(15)7-10/h3-7H,1-2H3. The number of benzene rings is 2. The molecule has 0 fully saturated rings. The molecule has 0 saturated carbocycles. The van der Waals surface area contributed by atoms with Crippen LogP contribution in [0.15, 0.2) is 30.3 Å². The average Bonchev–Trinajstić information content (AvgIpc) is 2.30. The summed E-state index contributed by atoms with van der Waals surface area (Å²) in [5.74, 6) is -0.705. The maximum atomic E-state index is 13.7. The molecule has 0 radical (unpaired) electrons. The van der Waals surface area contributed by atoms with E-state index in [4.69, 9.17) is 11.6 Å². The summed E-state index contributed by atoms with van der Waals surface area (Å²) in [6.07, 6.45) is 0. The monoisotopic (exact) mass is 252 g/mol. The number of halogens is 3. The fourth-order valence-electron chi connectivity index (χ4n) is 1.80. The van der Waals surface area contributed by atoms with Gasteiger partial charge in [0.15, 0.2) is 0 Å². The fourth-order valence-corrected chi connectivity index (χ4v) is 1.98. The van der Waals surface area contributed by atoms with E-state index < -0.39 is 5.82 Å². The van der Waals surface area contributed by atoms with Gasteiger partial charge in [-0.1, -0.05) is 29.8 Å². The molecule has 0 atom stereocenters. The van der Waals surface area contributed by atoms with E-state index in [0.717, 1.165) is 5.56 Å². The van der Waals surface area contributed by atoms with Gasteiger partial charge in [-0.05, 0) is 48.2 Å². The topological polar surface area (TPSA) is 0 Å². The van der Waals surface area contributed by atoms with Crippen LogP contribution in [0.2, 0.25) is 5.02 Å². The Bertz CT molecular complexity index is 577. The average molecular weight is 253 g/mol. The van der Waals surface area contributed by atoms with Crippen molar-refractivity contribution in [1.82, 2.24) is 0 Å². The third-order valence-electron chi connectivity index (χ3n) is 2.81. The third-order valence-corrected chi connectivity index (χ3v) is 3.10. The Balaban J connectivity index is 2.61. The Morgan fingerprint density at radius 1 is 1.00 bits per heavy atom. The Kier molecular flexibility index (Phi) is 3.16. The van der Waals surface area contributed by atoms with E-state index in [1.54, 1.807) is 26.0 Å². The quantitative estimate of drug-likeness (QED) is 0.677. The highest BCUT2D eigenvalue weighted by Crippen LogP contribution is 2.29. The summed E-state index contributed by atoms with van der Waals surface area (Å²) in [7, 11) is 0. The van der Waals surface area contributed by atoms with Crippen molar-refractivity contribution in [3.05, 3.63) is 58.1 Å². The highest BCUT2D eigenvalue weighted by atomic mass is 35.5. The molecule has 0 amide bonds. The van der Waals surface area contributed by atoms with Gasteiger partial charge in [0.2, 0.25) is 0 Å². The van der Waals surface area contributed by atoms with Crippen LogP contribution in [0.1, 0.15) is 11.1 Å². The normalized spacial score (nSPS) is 10.6. The molecule has 0 N–H and O–H groups in total. The summed E-state index contributed by atoms with van der Waals surface area (Å²) in [5, 5.41) is 0.0443. The second-order valence-corrected chi connectivity index (χ2v) is 4.41. The molecule has 0 nitrogen and oxygen atoms in total. The molecule has 0 aliphatic heterocycles. The molecule has 3 heteroatoms. The molecule has 0 aromatic heterocycles. The summed E-state index contributed by atoms with van der Waals surface area (Å²) >= 11 is 5.72. The van der Waals surface area contributed by atoms with Crippen LogP contribution >= 0.6 is 11.6 Å². The number of aryl methyl sites for hydroxylation is 1. The largest absolute Gasteiger partial charge is 0.206 e. The van der Waals surface area contributed by atoms with Gasteiger partial charge < -0.3 is 0 Å². The van der Waals surface area contributed by atoms with Crippen LogP contribution in [0, 0.1) is 25.5 Å². The van der Waals surface area contributed by atoms with Crippen LogP contribution in [0.4, 0.5) is 8.78 Å². The van der Waals surface area contributed by atoms with Crippen LogP contribution < -0.4 is 0 Å². The Hall–Kier alpha value is -1.41. The summed E-state index contributed by atoms with van der Waals surface area (Å²) in [6, 6.07) is 7.91. The van der Waals surface area contributed by atoms with Crippen molar-refractivity contribution in [1.29, 1.82) is 0 Å². The first-order chi connectivity index (χ1) is 8.00. The minimum Gasteiger partial charge on any atom is -0.206 e. The fraction of sp³-hybridized carbons (Fsp3) is 0.143. The molecule has 0 spiro atoms. The van der Waals surface area contributed by atoms with E-state index in [-0.39, 0.29) is 10.8 Å². The van der Waals surface area contributed by atoms with Gasteiger partial charge in [0.05, 0.1) is 5.02 Å². The first-order valence-electron chi connectivity index (χ1n) is 5.22. The predicted octanol–water partition coefficient (Wildman–Crippen LogP) is 4.90. The summed E-state index contributed by atoms with van der Waals surface area (Å²) in [5.41, 5.74) is 2.59. The minimum atomic E-state index is -0.472. The van der Waals surface area contributed by atoms with E-state index in [9.17, 15) is 8.78 Å². The van der Waals surface area contributed by atoms with Crippen molar-refractivity contribution in [2.45, 2.75) is 13.8 Å². The lowest BCUT2D eigenvalue weighted by Gasteiger charge is -2.09. The number of rotatable bonds is 1. The molecule has 0 heterocycles. The van der Waals surface area contributed by atoms with E-state index in [2.05, 4.69) is 0 Å². The summed E-state index contributed by atoms with van der Waals surface area (Å²) in [6.45, 7) is 3.42. The Labute approximate surface area is 104 Å². The number of hydrogen-bond acceptors (Lipinski definition) is 0. The Morgan fingerprint density at radius 3 is 2.35 bits per heavy atom. The van der Waals surface area contributed by atoms with Crippen LogP contribution in [0.3, 0.4) is 0 Å². The van der Waals surface area contributed by atoms with Gasteiger partial charge in [-0.3, -0.25) is 0 Å². The van der Waals surface area contributed by atoms with Crippen LogP contribution in [0.5, 0.6) is 0 Å². The molecular weight excluding hydrogens is 242 g/mol. The van der Waals surface area contributed by atoms with Crippen molar-refractivity contribution in [2.75, 3.05) is 0 Å². The highest BCUT2D eigenvalue weighted by Gasteiger charge is 2.10. The van der Waals surface area contributed by atoms with E-state index >= 15 is 0 Å². The van der Waals surface area contributed by atoms with E-state index in [0.29, 0.717) is 16.7 Å². The maximum absolute atomic E-state index is 13.7. The van der Waals surface area contributed by atoms with Crippen molar-refractivity contribution in [2.24, 2.45) is 0 Å². The molecule has 2 aromatic rings. The van der Waals surface area contributed by atoms with Crippen LogP contribution in [-0.4, -0.2) is 0 Å². The second-order valence-electron chi connectivity index (χ2n) is 4.00. The first kappa shape index (κ1) is 12.1. The maximum Gasteiger partial charge on any atom is 0.141 e. The highest BCUT2D eigenvalue weighted by molar-refractivity contribution is 6.31. The van der Waals surface area contributed by atoms with Crippen LogP contribution in [0.25, 0.3) is 11.1 Å². The molecule has 0 aliphatic carbocycles. The molecule has 2 rings (SSSR count). The SMILES string of the molecule is Cc1ccc(-c2ccc(F)c(Cl)c2)c(C)c1F. The van der Waals surface area contributed by atoms with E-state index in [1.807, 2.05) is 6.07 Å². The molecule has 0 unspecified atom stereocenters. The van der Waals surface area contributed by atoms with Gasteiger partial charge >= 0.3 is 0 Å². The Morgan fingerprint density at radius 2 is 1.71 bits per heavy atom. The molecule has 0 aliphatic rings. The van der Waals surface area contributed by atoms with Crippen molar-refractivity contribution >= 4 is 11.6 Å². The van der Waals surface area contributed by atoms with Gasteiger partial charge in [-0.2, -0.15) is 0 Å². The van der Waals surface area contributed by atoms with Crippen molar-refractivity contribution in [3.8, 4) is 11.1 Å². The van der Waals surface area contributed by atoms with Gasteiger partial charge in [-0.15, -0.1) is 0 Å². The van der Waals surface area contributed by atoms with Gasteiger partial charge in [0, 0.05) is 0 Å². The molecule has 2 aromatic carbocycles.